The van der Waals surface area contributed by atoms with Crippen molar-refractivity contribution in [3.8, 4) is 6.07 Å². The molecular formula is C10H14N2O2. The highest BCUT2D eigenvalue weighted by Gasteiger charge is 2.36. The molecule has 1 fully saturated rings. The Morgan fingerprint density at radius 1 is 1.71 bits per heavy atom. The summed E-state index contributed by atoms with van der Waals surface area (Å²) in [4.78, 5) is 22.8. The summed E-state index contributed by atoms with van der Waals surface area (Å²) < 4.78 is 0. The van der Waals surface area contributed by atoms with Crippen molar-refractivity contribution >= 4 is 12.2 Å². The second-order valence-electron chi connectivity index (χ2n) is 3.56. The molecule has 2 atom stereocenters. The van der Waals surface area contributed by atoms with Gasteiger partial charge >= 0.3 is 0 Å². The highest BCUT2D eigenvalue weighted by molar-refractivity contribution is 6.23. The molecule has 0 aromatic heterocycles. The van der Waals surface area contributed by atoms with Crippen LogP contribution < -0.4 is 0 Å². The fourth-order valence-electron chi connectivity index (χ4n) is 2.02. The summed E-state index contributed by atoms with van der Waals surface area (Å²) in [5.41, 5.74) is 0. The Morgan fingerprint density at radius 3 is 2.93 bits per heavy atom. The molecule has 4 heteroatoms. The van der Waals surface area contributed by atoms with Crippen molar-refractivity contribution in [2.24, 2.45) is 5.92 Å². The number of hydrogen-bond donors (Lipinski definition) is 0. The first-order valence-electron chi connectivity index (χ1n) is 4.90. The van der Waals surface area contributed by atoms with Gasteiger partial charge in [-0.25, -0.2) is 0 Å². The van der Waals surface area contributed by atoms with Crippen LogP contribution in [0, 0.1) is 17.2 Å². The molecule has 1 amide bonds. The van der Waals surface area contributed by atoms with E-state index in [9.17, 15) is 9.59 Å². The predicted octanol–water partition coefficient (Wildman–Crippen LogP) is 0.726. The molecule has 4 nitrogen and oxygen atoms in total. The number of carbonyl (C=O) groups is 2. The third kappa shape index (κ3) is 1.92. The molecule has 0 spiro atoms. The minimum absolute atomic E-state index is 0.244. The zero-order chi connectivity index (χ0) is 10.6. The van der Waals surface area contributed by atoms with Crippen molar-refractivity contribution in [1.29, 1.82) is 5.26 Å². The van der Waals surface area contributed by atoms with Crippen molar-refractivity contribution in [2.45, 2.75) is 32.2 Å². The molecule has 1 rings (SSSR count). The van der Waals surface area contributed by atoms with Gasteiger partial charge in [0.25, 0.3) is 5.91 Å². The van der Waals surface area contributed by atoms with Crippen LogP contribution in [0.5, 0.6) is 0 Å². The molecule has 1 aliphatic heterocycles. The SMILES string of the molecule is CCCC1CCN(C(=O)C=O)C1C#N. The molecule has 1 heterocycles. The fourth-order valence-corrected chi connectivity index (χ4v) is 2.02. The number of amides is 1. The third-order valence-electron chi connectivity index (χ3n) is 2.70. The summed E-state index contributed by atoms with van der Waals surface area (Å²) in [6, 6.07) is 1.71. The van der Waals surface area contributed by atoms with Crippen LogP contribution in [0.25, 0.3) is 0 Å². The van der Waals surface area contributed by atoms with Crippen LogP contribution in [0.3, 0.4) is 0 Å². The maximum atomic E-state index is 11.1. The molecule has 76 valence electrons. The lowest BCUT2D eigenvalue weighted by atomic mass is 9.96. The zero-order valence-corrected chi connectivity index (χ0v) is 8.27. The van der Waals surface area contributed by atoms with E-state index < -0.39 is 11.9 Å². The Kier molecular flexibility index (Phi) is 3.63. The van der Waals surface area contributed by atoms with Crippen LogP contribution in [-0.4, -0.2) is 29.7 Å². The molecule has 0 aliphatic carbocycles. The minimum atomic E-state index is -0.560. The molecule has 1 saturated heterocycles. The van der Waals surface area contributed by atoms with Crippen LogP contribution in [0.2, 0.25) is 0 Å². The number of rotatable bonds is 3. The number of nitrogens with zero attached hydrogens (tertiary/aromatic N) is 2. The van der Waals surface area contributed by atoms with E-state index in [0.717, 1.165) is 19.3 Å². The molecule has 0 radical (unpaired) electrons. The highest BCUT2D eigenvalue weighted by atomic mass is 16.2. The van der Waals surface area contributed by atoms with Crippen molar-refractivity contribution in [3.05, 3.63) is 0 Å². The normalized spacial score (nSPS) is 25.9. The Hall–Kier alpha value is -1.37. The number of likely N-dealkylation sites (tertiary alicyclic amines) is 1. The van der Waals surface area contributed by atoms with E-state index in [-0.39, 0.29) is 5.92 Å². The second-order valence-corrected chi connectivity index (χ2v) is 3.56. The average molecular weight is 194 g/mol. The van der Waals surface area contributed by atoms with Gasteiger partial charge in [0.2, 0.25) is 6.29 Å². The lowest BCUT2D eigenvalue weighted by Gasteiger charge is -2.19. The first-order valence-corrected chi connectivity index (χ1v) is 4.90. The molecule has 2 unspecified atom stereocenters. The van der Waals surface area contributed by atoms with E-state index >= 15 is 0 Å². The summed E-state index contributed by atoms with van der Waals surface area (Å²) >= 11 is 0. The van der Waals surface area contributed by atoms with Gasteiger partial charge in [-0.1, -0.05) is 13.3 Å². The van der Waals surface area contributed by atoms with Gasteiger partial charge in [0, 0.05) is 6.54 Å². The summed E-state index contributed by atoms with van der Waals surface area (Å²) in [7, 11) is 0. The van der Waals surface area contributed by atoms with Gasteiger partial charge in [-0.3, -0.25) is 9.59 Å². The Labute approximate surface area is 83.5 Å². The molecule has 0 aromatic carbocycles. The van der Waals surface area contributed by atoms with Gasteiger partial charge in [-0.15, -0.1) is 0 Å². The van der Waals surface area contributed by atoms with Gasteiger partial charge in [0.15, 0.2) is 0 Å². The van der Waals surface area contributed by atoms with Crippen molar-refractivity contribution in [2.75, 3.05) is 6.54 Å². The number of aldehydes is 1. The topological polar surface area (TPSA) is 61.2 Å². The minimum Gasteiger partial charge on any atom is -0.320 e. The van der Waals surface area contributed by atoms with Crippen LogP contribution in [-0.2, 0) is 9.59 Å². The molecule has 14 heavy (non-hydrogen) atoms. The molecule has 0 aromatic rings. The van der Waals surface area contributed by atoms with E-state index in [1.807, 2.05) is 0 Å². The lowest BCUT2D eigenvalue weighted by Crippen LogP contribution is -2.37. The number of carbonyl (C=O) groups excluding carboxylic acids is 2. The molecule has 0 N–H and O–H groups in total. The summed E-state index contributed by atoms with van der Waals surface area (Å²) in [6.45, 7) is 2.60. The van der Waals surface area contributed by atoms with E-state index in [2.05, 4.69) is 13.0 Å². The monoisotopic (exact) mass is 194 g/mol. The molecule has 1 aliphatic rings. The highest BCUT2D eigenvalue weighted by Crippen LogP contribution is 2.27. The smallest absolute Gasteiger partial charge is 0.287 e. The first kappa shape index (κ1) is 10.7. The first-order chi connectivity index (χ1) is 6.74. The van der Waals surface area contributed by atoms with Gasteiger partial charge in [-0.2, -0.15) is 5.26 Å². The van der Waals surface area contributed by atoms with Crippen molar-refractivity contribution in [3.63, 3.8) is 0 Å². The summed E-state index contributed by atoms with van der Waals surface area (Å²) in [5.74, 6) is -0.316. The predicted molar refractivity (Wildman–Crippen MR) is 50.2 cm³/mol. The Bertz CT molecular complexity index is 270. The maximum absolute atomic E-state index is 11.1. The standard InChI is InChI=1S/C10H14N2O2/c1-2-3-8-4-5-12(9(8)6-11)10(14)7-13/h7-9H,2-5H2,1H3. The van der Waals surface area contributed by atoms with E-state index in [4.69, 9.17) is 5.26 Å². The average Bonchev–Trinajstić information content (AvgIpc) is 2.60. The number of hydrogen-bond acceptors (Lipinski definition) is 3. The molecular weight excluding hydrogens is 180 g/mol. The summed E-state index contributed by atoms with van der Waals surface area (Å²) in [5, 5.41) is 8.92. The van der Waals surface area contributed by atoms with Gasteiger partial charge in [-0.05, 0) is 18.8 Å². The van der Waals surface area contributed by atoms with E-state index in [0.29, 0.717) is 12.8 Å². The Morgan fingerprint density at radius 2 is 2.43 bits per heavy atom. The Balaban J connectivity index is 2.69. The fraction of sp³-hybridized carbons (Fsp3) is 0.700. The molecule has 0 bridgehead atoms. The van der Waals surface area contributed by atoms with E-state index in [1.54, 1.807) is 0 Å². The van der Waals surface area contributed by atoms with E-state index in [1.165, 1.54) is 4.90 Å². The van der Waals surface area contributed by atoms with Crippen molar-refractivity contribution in [1.82, 2.24) is 4.90 Å². The molecule has 0 saturated carbocycles. The second kappa shape index (κ2) is 4.75. The quantitative estimate of drug-likeness (QED) is 0.491. The van der Waals surface area contributed by atoms with Crippen molar-refractivity contribution < 1.29 is 9.59 Å². The number of nitriles is 1. The maximum Gasteiger partial charge on any atom is 0.287 e. The van der Waals surface area contributed by atoms with Gasteiger partial charge in [0.05, 0.1) is 6.07 Å². The van der Waals surface area contributed by atoms with Crippen LogP contribution in [0.4, 0.5) is 0 Å². The summed E-state index contributed by atoms with van der Waals surface area (Å²) in [6.07, 6.45) is 3.08. The lowest BCUT2D eigenvalue weighted by molar-refractivity contribution is -0.138. The van der Waals surface area contributed by atoms with Gasteiger partial charge in [0.1, 0.15) is 6.04 Å². The zero-order valence-electron chi connectivity index (χ0n) is 8.27. The van der Waals surface area contributed by atoms with Gasteiger partial charge < -0.3 is 4.90 Å². The van der Waals surface area contributed by atoms with Crippen LogP contribution in [0.15, 0.2) is 0 Å². The van der Waals surface area contributed by atoms with Crippen LogP contribution in [0.1, 0.15) is 26.2 Å². The third-order valence-corrected chi connectivity index (χ3v) is 2.70. The largest absolute Gasteiger partial charge is 0.320 e. The van der Waals surface area contributed by atoms with Crippen LogP contribution >= 0.6 is 0 Å².